The summed E-state index contributed by atoms with van der Waals surface area (Å²) in [5.41, 5.74) is 3.68. The Morgan fingerprint density at radius 1 is 1.19 bits per heavy atom. The lowest BCUT2D eigenvalue weighted by molar-refractivity contribution is -0.274. The zero-order valence-electron chi connectivity index (χ0n) is 15.8. The van der Waals surface area contributed by atoms with Gasteiger partial charge in [-0.2, -0.15) is 0 Å². The van der Waals surface area contributed by atoms with E-state index in [2.05, 4.69) is 33.8 Å². The van der Waals surface area contributed by atoms with Gasteiger partial charge in [0.25, 0.3) is 0 Å². The van der Waals surface area contributed by atoms with Crippen LogP contribution in [0.4, 0.5) is 13.2 Å². The van der Waals surface area contributed by atoms with Gasteiger partial charge in [0, 0.05) is 19.3 Å². The molecule has 142 valence electrons. The van der Waals surface area contributed by atoms with Gasteiger partial charge in [-0.05, 0) is 60.4 Å². The Balaban J connectivity index is 0.00000117. The van der Waals surface area contributed by atoms with E-state index in [0.29, 0.717) is 6.04 Å². The van der Waals surface area contributed by atoms with E-state index in [0.717, 1.165) is 28.8 Å². The molecule has 0 spiro atoms. The van der Waals surface area contributed by atoms with Crippen LogP contribution >= 0.6 is 0 Å². The van der Waals surface area contributed by atoms with Crippen molar-refractivity contribution in [3.05, 3.63) is 59.5 Å². The molecule has 0 aromatic heterocycles. The maximum Gasteiger partial charge on any atom is 0.573 e. The van der Waals surface area contributed by atoms with Gasteiger partial charge in [0.2, 0.25) is 0 Å². The molecule has 0 fully saturated rings. The highest BCUT2D eigenvalue weighted by Gasteiger charge is 2.31. The molecule has 3 nitrogen and oxygen atoms in total. The van der Waals surface area contributed by atoms with Crippen LogP contribution in [0.25, 0.3) is 5.57 Å². The van der Waals surface area contributed by atoms with Crippen molar-refractivity contribution in [1.82, 2.24) is 10.0 Å². The smallest absolute Gasteiger partial charge is 0.406 e. The van der Waals surface area contributed by atoms with E-state index in [-0.39, 0.29) is 5.75 Å². The highest BCUT2D eigenvalue weighted by Crippen LogP contribution is 2.34. The predicted octanol–water partition coefficient (Wildman–Crippen LogP) is 5.66. The van der Waals surface area contributed by atoms with Crippen LogP contribution in [0.5, 0.6) is 5.75 Å². The summed E-state index contributed by atoms with van der Waals surface area (Å²) in [6, 6.07) is 4.77. The van der Waals surface area contributed by atoms with E-state index in [1.54, 1.807) is 13.0 Å². The molecule has 2 aliphatic heterocycles. The number of hydrogen-bond acceptors (Lipinski definition) is 3. The molecule has 26 heavy (non-hydrogen) atoms. The molecule has 1 aromatic carbocycles. The van der Waals surface area contributed by atoms with Crippen LogP contribution < -0.4 is 4.74 Å². The Bertz CT molecular complexity index is 735. The molecule has 6 heteroatoms. The molecule has 2 aliphatic rings. The molecule has 1 unspecified atom stereocenters. The predicted molar refractivity (Wildman–Crippen MR) is 98.1 cm³/mol. The fourth-order valence-corrected chi connectivity index (χ4v) is 3.09. The first-order valence-corrected chi connectivity index (χ1v) is 8.79. The Labute approximate surface area is 153 Å². The number of halogens is 3. The standard InChI is InChI=1S/C18H19F3N2O.C2H6/c1-4-14-11-15-10-13(7-8-23(15)22(14)3)17-6-5-16(9-12(17)2)24-18(19,20)21;1-2/h5-11,14H,4H2,1-3H3;1-2H3. The van der Waals surface area contributed by atoms with Crippen molar-refractivity contribution in [2.75, 3.05) is 7.05 Å². The zero-order valence-corrected chi connectivity index (χ0v) is 15.8. The van der Waals surface area contributed by atoms with Gasteiger partial charge in [0.1, 0.15) is 5.75 Å². The van der Waals surface area contributed by atoms with Crippen LogP contribution in [0, 0.1) is 6.92 Å². The van der Waals surface area contributed by atoms with Gasteiger partial charge in [-0.1, -0.05) is 26.8 Å². The van der Waals surface area contributed by atoms with Crippen molar-refractivity contribution in [3.8, 4) is 5.75 Å². The first-order chi connectivity index (χ1) is 12.3. The van der Waals surface area contributed by atoms with Gasteiger partial charge in [0.15, 0.2) is 0 Å². The minimum atomic E-state index is -4.67. The summed E-state index contributed by atoms with van der Waals surface area (Å²) in [5.74, 6) is -0.198. The van der Waals surface area contributed by atoms with Crippen LogP contribution in [-0.4, -0.2) is 29.5 Å². The van der Waals surface area contributed by atoms with Crippen LogP contribution in [0.3, 0.4) is 0 Å². The molecule has 1 atom stereocenters. The molecular weight excluding hydrogens is 341 g/mol. The molecule has 0 saturated carbocycles. The van der Waals surface area contributed by atoms with Crippen molar-refractivity contribution in [1.29, 1.82) is 0 Å². The zero-order chi connectivity index (χ0) is 19.5. The maximum atomic E-state index is 12.3. The summed E-state index contributed by atoms with van der Waals surface area (Å²) in [7, 11) is 2.04. The second kappa shape index (κ2) is 7.99. The quantitative estimate of drug-likeness (QED) is 0.687. The molecule has 0 saturated heterocycles. The minimum Gasteiger partial charge on any atom is -0.406 e. The molecular formula is C20H25F3N2O. The topological polar surface area (TPSA) is 15.7 Å². The summed E-state index contributed by atoms with van der Waals surface area (Å²) in [6.07, 6.45) is 4.54. The monoisotopic (exact) mass is 366 g/mol. The summed E-state index contributed by atoms with van der Waals surface area (Å²) in [4.78, 5) is 0. The maximum absolute atomic E-state index is 12.3. The number of benzene rings is 1. The van der Waals surface area contributed by atoms with Crippen LogP contribution in [0.2, 0.25) is 0 Å². The lowest BCUT2D eigenvalue weighted by atomic mass is 9.98. The molecule has 2 heterocycles. The summed E-state index contributed by atoms with van der Waals surface area (Å²) in [6.45, 7) is 7.91. The molecule has 0 aliphatic carbocycles. The number of likely N-dealkylation sites (N-methyl/N-ethyl adjacent to an activating group) is 1. The van der Waals surface area contributed by atoms with Crippen LogP contribution in [0.15, 0.2) is 48.3 Å². The van der Waals surface area contributed by atoms with Crippen molar-refractivity contribution >= 4 is 5.57 Å². The van der Waals surface area contributed by atoms with Crippen molar-refractivity contribution in [2.45, 2.75) is 46.5 Å². The largest absolute Gasteiger partial charge is 0.573 e. The summed E-state index contributed by atoms with van der Waals surface area (Å²) in [5, 5.41) is 4.24. The van der Waals surface area contributed by atoms with Gasteiger partial charge in [-0.3, -0.25) is 5.01 Å². The Kier molecular flexibility index (Phi) is 6.18. The fourth-order valence-electron chi connectivity index (χ4n) is 3.09. The number of hydrazine groups is 1. The number of hydrogen-bond donors (Lipinski definition) is 0. The summed E-state index contributed by atoms with van der Waals surface area (Å²) < 4.78 is 40.9. The Morgan fingerprint density at radius 2 is 1.88 bits per heavy atom. The van der Waals surface area contributed by atoms with Crippen LogP contribution in [-0.2, 0) is 0 Å². The average Bonchev–Trinajstić information content (AvgIpc) is 2.91. The third-order valence-corrected chi connectivity index (χ3v) is 4.31. The van der Waals surface area contributed by atoms with E-state index in [4.69, 9.17) is 0 Å². The highest BCUT2D eigenvalue weighted by molar-refractivity contribution is 5.79. The first-order valence-electron chi connectivity index (χ1n) is 8.79. The number of rotatable bonds is 3. The molecule has 0 amide bonds. The SMILES string of the molecule is CC.CCC1C=C2C=C(c3ccc(OC(F)(F)F)cc3C)C=CN2N1C. The van der Waals surface area contributed by atoms with E-state index >= 15 is 0 Å². The van der Waals surface area contributed by atoms with E-state index in [9.17, 15) is 13.2 Å². The van der Waals surface area contributed by atoms with Crippen molar-refractivity contribution < 1.29 is 17.9 Å². The van der Waals surface area contributed by atoms with Gasteiger partial charge in [0.05, 0.1) is 5.70 Å². The lowest BCUT2D eigenvalue weighted by Gasteiger charge is -2.30. The number of fused-ring (bicyclic) bond motifs is 1. The Hall–Kier alpha value is -2.21. The van der Waals surface area contributed by atoms with Gasteiger partial charge < -0.3 is 4.74 Å². The Morgan fingerprint density at radius 3 is 2.46 bits per heavy atom. The number of alkyl halides is 3. The normalized spacial score (nSPS) is 19.4. The van der Waals surface area contributed by atoms with Crippen molar-refractivity contribution in [3.63, 3.8) is 0 Å². The van der Waals surface area contributed by atoms with E-state index < -0.39 is 6.36 Å². The third-order valence-electron chi connectivity index (χ3n) is 4.31. The lowest BCUT2D eigenvalue weighted by Crippen LogP contribution is -2.35. The number of aryl methyl sites for hydroxylation is 1. The van der Waals surface area contributed by atoms with Crippen LogP contribution in [0.1, 0.15) is 38.3 Å². The number of ether oxygens (including phenoxy) is 1. The third kappa shape index (κ3) is 4.30. The second-order valence-corrected chi connectivity index (χ2v) is 5.93. The molecule has 0 radical (unpaired) electrons. The number of allylic oxidation sites excluding steroid dienone is 3. The summed E-state index contributed by atoms with van der Waals surface area (Å²) >= 11 is 0. The highest BCUT2D eigenvalue weighted by atomic mass is 19.4. The van der Waals surface area contributed by atoms with E-state index in [1.165, 1.54) is 12.1 Å². The molecule has 1 aromatic rings. The minimum absolute atomic E-state index is 0.198. The second-order valence-electron chi connectivity index (χ2n) is 5.93. The molecule has 0 N–H and O–H groups in total. The fraction of sp³-hybridized carbons (Fsp3) is 0.400. The van der Waals surface area contributed by atoms with Gasteiger partial charge in [-0.15, -0.1) is 13.2 Å². The molecule has 0 bridgehead atoms. The van der Waals surface area contributed by atoms with E-state index in [1.807, 2.05) is 33.2 Å². The average molecular weight is 366 g/mol. The molecule has 3 rings (SSSR count). The van der Waals surface area contributed by atoms with Gasteiger partial charge >= 0.3 is 6.36 Å². The first kappa shape index (κ1) is 20.1. The van der Waals surface area contributed by atoms with Gasteiger partial charge in [-0.25, -0.2) is 5.01 Å². The van der Waals surface area contributed by atoms with Crippen molar-refractivity contribution in [2.24, 2.45) is 0 Å². The number of nitrogens with zero attached hydrogens (tertiary/aromatic N) is 2.